The highest BCUT2D eigenvalue weighted by molar-refractivity contribution is 6.06. The molecule has 0 saturated heterocycles. The van der Waals surface area contributed by atoms with Crippen molar-refractivity contribution in [1.82, 2.24) is 4.57 Å². The summed E-state index contributed by atoms with van der Waals surface area (Å²) in [5, 5.41) is 3.10. The zero-order chi connectivity index (χ0) is 21.6. The van der Waals surface area contributed by atoms with Gasteiger partial charge in [-0.3, -0.25) is 9.59 Å². The van der Waals surface area contributed by atoms with Crippen LogP contribution in [-0.4, -0.2) is 10.5 Å². The number of pyridine rings is 1. The molecule has 4 heteroatoms. The Morgan fingerprint density at radius 1 is 0.966 bits per heavy atom. The highest BCUT2D eigenvalue weighted by atomic mass is 16.2. The SMILES string of the molecule is CCCCn1c(C)c(C(=O)Nc2c(CC)cccc2CC)c(=O)c(CC)c1CC. The second-order valence-corrected chi connectivity index (χ2v) is 7.54. The van der Waals surface area contributed by atoms with Gasteiger partial charge < -0.3 is 9.88 Å². The van der Waals surface area contributed by atoms with Crippen LogP contribution in [0.2, 0.25) is 0 Å². The van der Waals surface area contributed by atoms with Crippen LogP contribution < -0.4 is 10.7 Å². The standard InChI is InChI=1S/C25H36N2O2/c1-7-12-16-27-17(6)22(24(28)20(10-4)21(27)11-5)25(29)26-23-18(8-2)14-13-15-19(23)9-3/h13-15H,7-12,16H2,1-6H3,(H,26,29). The molecular formula is C25H36N2O2. The zero-order valence-corrected chi connectivity index (χ0v) is 18.9. The van der Waals surface area contributed by atoms with Crippen molar-refractivity contribution in [3.05, 3.63) is 62.1 Å². The van der Waals surface area contributed by atoms with Gasteiger partial charge in [0.1, 0.15) is 5.56 Å². The van der Waals surface area contributed by atoms with Crippen LogP contribution in [0.25, 0.3) is 0 Å². The number of nitrogens with one attached hydrogen (secondary N) is 1. The molecule has 0 saturated carbocycles. The summed E-state index contributed by atoms with van der Waals surface area (Å²) in [6.07, 6.45) is 5.20. The normalized spacial score (nSPS) is 11.0. The van der Waals surface area contributed by atoms with Crippen LogP contribution in [0, 0.1) is 6.92 Å². The molecular weight excluding hydrogens is 360 g/mol. The summed E-state index contributed by atoms with van der Waals surface area (Å²) < 4.78 is 2.20. The fraction of sp³-hybridized carbons (Fsp3) is 0.520. The highest BCUT2D eigenvalue weighted by Crippen LogP contribution is 2.24. The molecule has 1 amide bonds. The predicted octanol–water partition coefficient (Wildman–Crippen LogP) is 5.46. The molecule has 0 spiro atoms. The third-order valence-electron chi connectivity index (χ3n) is 5.83. The van der Waals surface area contributed by atoms with Crippen LogP contribution in [0.3, 0.4) is 0 Å². The second kappa shape index (κ2) is 10.4. The number of aromatic nitrogens is 1. The van der Waals surface area contributed by atoms with E-state index in [2.05, 4.69) is 37.6 Å². The van der Waals surface area contributed by atoms with Crippen LogP contribution in [0.5, 0.6) is 0 Å². The maximum Gasteiger partial charge on any atom is 0.261 e. The monoisotopic (exact) mass is 396 g/mol. The van der Waals surface area contributed by atoms with E-state index in [9.17, 15) is 9.59 Å². The molecule has 0 aliphatic carbocycles. The number of hydrogen-bond acceptors (Lipinski definition) is 2. The number of amides is 1. The summed E-state index contributed by atoms with van der Waals surface area (Å²) in [5.41, 5.74) is 5.87. The van der Waals surface area contributed by atoms with Gasteiger partial charge in [0.05, 0.1) is 0 Å². The van der Waals surface area contributed by atoms with E-state index in [1.54, 1.807) is 0 Å². The lowest BCUT2D eigenvalue weighted by atomic mass is 9.99. The number of carbonyl (C=O) groups excluding carboxylic acids is 1. The number of benzene rings is 1. The van der Waals surface area contributed by atoms with Crippen molar-refractivity contribution in [3.8, 4) is 0 Å². The number of rotatable bonds is 9. The molecule has 1 aromatic carbocycles. The zero-order valence-electron chi connectivity index (χ0n) is 18.9. The Hall–Kier alpha value is -2.36. The second-order valence-electron chi connectivity index (χ2n) is 7.54. The Labute approximate surface area is 175 Å². The van der Waals surface area contributed by atoms with Crippen molar-refractivity contribution >= 4 is 11.6 Å². The summed E-state index contributed by atoms with van der Waals surface area (Å²) in [5.74, 6) is -0.286. The lowest BCUT2D eigenvalue weighted by Gasteiger charge is -2.22. The van der Waals surface area contributed by atoms with E-state index in [4.69, 9.17) is 0 Å². The first kappa shape index (κ1) is 22.9. The van der Waals surface area contributed by atoms with Gasteiger partial charge in [-0.2, -0.15) is 0 Å². The summed E-state index contributed by atoms with van der Waals surface area (Å²) in [4.78, 5) is 26.7. The molecule has 0 fully saturated rings. The first-order valence-electron chi connectivity index (χ1n) is 11.1. The Bertz CT molecular complexity index is 903. The lowest BCUT2D eigenvalue weighted by molar-refractivity contribution is 0.102. The topological polar surface area (TPSA) is 51.1 Å². The third kappa shape index (κ3) is 4.63. The van der Waals surface area contributed by atoms with Gasteiger partial charge in [0.2, 0.25) is 0 Å². The molecule has 4 nitrogen and oxygen atoms in total. The Morgan fingerprint density at radius 2 is 1.59 bits per heavy atom. The van der Waals surface area contributed by atoms with Gasteiger partial charge in [-0.15, -0.1) is 0 Å². The molecule has 0 bridgehead atoms. The van der Waals surface area contributed by atoms with Gasteiger partial charge in [0, 0.05) is 29.2 Å². The van der Waals surface area contributed by atoms with E-state index < -0.39 is 0 Å². The van der Waals surface area contributed by atoms with E-state index in [1.807, 2.05) is 32.0 Å². The summed E-state index contributed by atoms with van der Waals surface area (Å²) in [6, 6.07) is 6.11. The van der Waals surface area contributed by atoms with Gasteiger partial charge >= 0.3 is 0 Å². The summed E-state index contributed by atoms with van der Waals surface area (Å²) >= 11 is 0. The van der Waals surface area contributed by atoms with Crippen LogP contribution in [0.15, 0.2) is 23.0 Å². The average molecular weight is 397 g/mol. The van der Waals surface area contributed by atoms with E-state index in [0.717, 1.165) is 72.4 Å². The van der Waals surface area contributed by atoms with E-state index in [0.29, 0.717) is 12.0 Å². The molecule has 0 unspecified atom stereocenters. The molecule has 158 valence electrons. The minimum Gasteiger partial charge on any atom is -0.348 e. The molecule has 29 heavy (non-hydrogen) atoms. The number of unbranched alkanes of at least 4 members (excludes halogenated alkanes) is 1. The molecule has 2 rings (SSSR count). The lowest BCUT2D eigenvalue weighted by Crippen LogP contribution is -2.31. The van der Waals surface area contributed by atoms with E-state index in [1.165, 1.54) is 0 Å². The van der Waals surface area contributed by atoms with Gasteiger partial charge in [0.25, 0.3) is 5.91 Å². The van der Waals surface area contributed by atoms with Crippen molar-refractivity contribution in [2.45, 2.75) is 86.6 Å². The van der Waals surface area contributed by atoms with Crippen LogP contribution in [0.4, 0.5) is 5.69 Å². The van der Waals surface area contributed by atoms with Crippen molar-refractivity contribution < 1.29 is 4.79 Å². The van der Waals surface area contributed by atoms with E-state index in [-0.39, 0.29) is 11.3 Å². The van der Waals surface area contributed by atoms with Crippen molar-refractivity contribution in [2.75, 3.05) is 5.32 Å². The van der Waals surface area contributed by atoms with Crippen LogP contribution in [0.1, 0.15) is 85.9 Å². The number of nitrogens with zero attached hydrogens (tertiary/aromatic N) is 1. The molecule has 2 aromatic rings. The molecule has 0 aliphatic heterocycles. The first-order valence-corrected chi connectivity index (χ1v) is 11.1. The average Bonchev–Trinajstić information content (AvgIpc) is 2.72. The number of anilines is 1. The van der Waals surface area contributed by atoms with Gasteiger partial charge in [-0.1, -0.05) is 59.2 Å². The number of aryl methyl sites for hydroxylation is 2. The summed E-state index contributed by atoms with van der Waals surface area (Å²) in [6.45, 7) is 13.2. The Morgan fingerprint density at radius 3 is 2.07 bits per heavy atom. The fourth-order valence-electron chi connectivity index (χ4n) is 4.18. The minimum atomic E-state index is -0.286. The van der Waals surface area contributed by atoms with E-state index >= 15 is 0 Å². The number of carbonyl (C=O) groups is 1. The Balaban J connectivity index is 2.63. The third-order valence-corrected chi connectivity index (χ3v) is 5.83. The fourth-order valence-corrected chi connectivity index (χ4v) is 4.18. The highest BCUT2D eigenvalue weighted by Gasteiger charge is 2.23. The molecule has 0 aliphatic rings. The maximum absolute atomic E-state index is 13.4. The molecule has 0 atom stereocenters. The molecule has 1 aromatic heterocycles. The predicted molar refractivity (Wildman–Crippen MR) is 122 cm³/mol. The molecule has 1 heterocycles. The van der Waals surface area contributed by atoms with Crippen molar-refractivity contribution in [1.29, 1.82) is 0 Å². The van der Waals surface area contributed by atoms with Crippen LogP contribution in [-0.2, 0) is 32.2 Å². The van der Waals surface area contributed by atoms with Crippen LogP contribution >= 0.6 is 0 Å². The molecule has 1 N–H and O–H groups in total. The smallest absolute Gasteiger partial charge is 0.261 e. The first-order chi connectivity index (χ1) is 13.9. The Kier molecular flexibility index (Phi) is 8.24. The number of hydrogen-bond donors (Lipinski definition) is 1. The van der Waals surface area contributed by atoms with Gasteiger partial charge in [0.15, 0.2) is 5.43 Å². The number of para-hydroxylation sites is 1. The molecule has 0 radical (unpaired) electrons. The minimum absolute atomic E-state index is 0.112. The maximum atomic E-state index is 13.4. The quantitative estimate of drug-likeness (QED) is 0.612. The van der Waals surface area contributed by atoms with Crippen molar-refractivity contribution in [3.63, 3.8) is 0 Å². The van der Waals surface area contributed by atoms with Gasteiger partial charge in [-0.25, -0.2) is 0 Å². The van der Waals surface area contributed by atoms with Crippen molar-refractivity contribution in [2.24, 2.45) is 0 Å². The summed E-state index contributed by atoms with van der Waals surface area (Å²) in [7, 11) is 0. The van der Waals surface area contributed by atoms with Gasteiger partial charge in [-0.05, 0) is 50.2 Å². The largest absolute Gasteiger partial charge is 0.348 e.